The standard InChI is InChI=1S/C13H18FNO4S/c1-10-9-11(14)6-7-12(10)20(18,19)15-8-4-2-3-5-13(16)17/h6-7,9,15H,2-5,8H2,1H3,(H,16,17). The van der Waals surface area contributed by atoms with Crippen molar-refractivity contribution in [1.29, 1.82) is 0 Å². The molecule has 0 aromatic heterocycles. The van der Waals surface area contributed by atoms with Crippen molar-refractivity contribution in [2.45, 2.75) is 37.5 Å². The van der Waals surface area contributed by atoms with Gasteiger partial charge in [0.1, 0.15) is 5.82 Å². The summed E-state index contributed by atoms with van der Waals surface area (Å²) in [5, 5.41) is 8.46. The summed E-state index contributed by atoms with van der Waals surface area (Å²) in [6, 6.07) is 3.51. The van der Waals surface area contributed by atoms with E-state index in [1.807, 2.05) is 0 Å². The topological polar surface area (TPSA) is 83.5 Å². The number of rotatable bonds is 8. The van der Waals surface area contributed by atoms with E-state index in [9.17, 15) is 17.6 Å². The fraction of sp³-hybridized carbons (Fsp3) is 0.462. The van der Waals surface area contributed by atoms with Crippen LogP contribution in [0.2, 0.25) is 0 Å². The maximum Gasteiger partial charge on any atom is 0.303 e. The highest BCUT2D eigenvalue weighted by Crippen LogP contribution is 2.15. The van der Waals surface area contributed by atoms with Gasteiger partial charge in [0, 0.05) is 13.0 Å². The van der Waals surface area contributed by atoms with Gasteiger partial charge in [-0.2, -0.15) is 0 Å². The zero-order valence-corrected chi connectivity index (χ0v) is 12.0. The molecule has 0 heterocycles. The molecule has 0 saturated heterocycles. The van der Waals surface area contributed by atoms with Crippen molar-refractivity contribution >= 4 is 16.0 Å². The first-order valence-electron chi connectivity index (χ1n) is 6.30. The average Bonchev–Trinajstić information content (AvgIpc) is 2.32. The molecule has 0 radical (unpaired) electrons. The van der Waals surface area contributed by atoms with Crippen molar-refractivity contribution < 1.29 is 22.7 Å². The van der Waals surface area contributed by atoms with E-state index in [1.54, 1.807) is 0 Å². The lowest BCUT2D eigenvalue weighted by atomic mass is 10.2. The van der Waals surface area contributed by atoms with Crippen LogP contribution in [0, 0.1) is 12.7 Å². The molecule has 7 heteroatoms. The van der Waals surface area contributed by atoms with E-state index < -0.39 is 21.8 Å². The Bertz CT molecular complexity index is 572. The number of benzene rings is 1. The summed E-state index contributed by atoms with van der Waals surface area (Å²) < 4.78 is 39.3. The van der Waals surface area contributed by atoms with Crippen LogP contribution in [-0.2, 0) is 14.8 Å². The van der Waals surface area contributed by atoms with Crippen LogP contribution in [-0.4, -0.2) is 26.0 Å². The van der Waals surface area contributed by atoms with Gasteiger partial charge in [-0.15, -0.1) is 0 Å². The number of carboxylic acid groups (broad SMARTS) is 1. The number of hydrogen-bond acceptors (Lipinski definition) is 3. The number of halogens is 1. The first-order valence-corrected chi connectivity index (χ1v) is 7.79. The zero-order valence-electron chi connectivity index (χ0n) is 11.2. The van der Waals surface area contributed by atoms with Gasteiger partial charge in [-0.3, -0.25) is 4.79 Å². The van der Waals surface area contributed by atoms with Gasteiger partial charge in [0.2, 0.25) is 10.0 Å². The summed E-state index contributed by atoms with van der Waals surface area (Å²) in [6.07, 6.45) is 1.81. The fourth-order valence-electron chi connectivity index (χ4n) is 1.78. The molecular weight excluding hydrogens is 285 g/mol. The van der Waals surface area contributed by atoms with Gasteiger partial charge in [-0.05, 0) is 43.5 Å². The van der Waals surface area contributed by atoms with Gasteiger partial charge >= 0.3 is 5.97 Å². The number of aryl methyl sites for hydroxylation is 1. The third-order valence-corrected chi connectivity index (χ3v) is 4.41. The minimum Gasteiger partial charge on any atom is -0.481 e. The molecular formula is C13H18FNO4S. The Hall–Kier alpha value is -1.47. The van der Waals surface area contributed by atoms with Crippen molar-refractivity contribution in [3.63, 3.8) is 0 Å². The smallest absolute Gasteiger partial charge is 0.303 e. The van der Waals surface area contributed by atoms with E-state index in [0.717, 1.165) is 6.07 Å². The molecule has 0 saturated carbocycles. The van der Waals surface area contributed by atoms with Crippen molar-refractivity contribution in [3.05, 3.63) is 29.6 Å². The molecule has 0 aliphatic heterocycles. The van der Waals surface area contributed by atoms with Crippen LogP contribution < -0.4 is 4.72 Å². The Morgan fingerprint density at radius 3 is 2.60 bits per heavy atom. The number of hydrogen-bond donors (Lipinski definition) is 2. The minimum absolute atomic E-state index is 0.0597. The molecule has 0 aliphatic rings. The first kappa shape index (κ1) is 16.6. The predicted octanol–water partition coefficient (Wildman–Crippen LogP) is 2.06. The normalized spacial score (nSPS) is 11.5. The van der Waals surface area contributed by atoms with E-state index in [2.05, 4.69) is 4.72 Å². The first-order chi connectivity index (χ1) is 9.33. The fourth-order valence-corrected chi connectivity index (χ4v) is 3.08. The number of nitrogens with one attached hydrogen (secondary N) is 1. The molecule has 0 bridgehead atoms. The van der Waals surface area contributed by atoms with Gasteiger partial charge < -0.3 is 5.11 Å². The van der Waals surface area contributed by atoms with Gasteiger partial charge in [0.25, 0.3) is 0 Å². The second-order valence-corrected chi connectivity index (χ2v) is 6.25. The zero-order chi connectivity index (χ0) is 15.2. The van der Waals surface area contributed by atoms with E-state index in [1.165, 1.54) is 19.1 Å². The minimum atomic E-state index is -3.64. The molecule has 0 atom stereocenters. The van der Waals surface area contributed by atoms with Crippen LogP contribution >= 0.6 is 0 Å². The van der Waals surface area contributed by atoms with Crippen LogP contribution in [0.15, 0.2) is 23.1 Å². The Kier molecular flexibility index (Phi) is 6.09. The molecule has 112 valence electrons. The largest absolute Gasteiger partial charge is 0.481 e. The van der Waals surface area contributed by atoms with E-state index in [4.69, 9.17) is 5.11 Å². The molecule has 5 nitrogen and oxygen atoms in total. The number of carbonyl (C=O) groups is 1. The highest BCUT2D eigenvalue weighted by molar-refractivity contribution is 7.89. The highest BCUT2D eigenvalue weighted by Gasteiger charge is 2.16. The molecule has 0 spiro atoms. The Morgan fingerprint density at radius 1 is 1.30 bits per heavy atom. The van der Waals surface area contributed by atoms with Crippen molar-refractivity contribution in [2.75, 3.05) is 6.54 Å². The maximum absolute atomic E-state index is 12.9. The predicted molar refractivity (Wildman–Crippen MR) is 72.4 cm³/mol. The van der Waals surface area contributed by atoms with Crippen LogP contribution in [0.25, 0.3) is 0 Å². The highest BCUT2D eigenvalue weighted by atomic mass is 32.2. The summed E-state index contributed by atoms with van der Waals surface area (Å²) in [5.41, 5.74) is 0.350. The molecule has 0 fully saturated rings. The van der Waals surface area contributed by atoms with Crippen molar-refractivity contribution in [2.24, 2.45) is 0 Å². The second-order valence-electron chi connectivity index (χ2n) is 4.51. The van der Waals surface area contributed by atoms with Gasteiger partial charge in [0.15, 0.2) is 0 Å². The van der Waals surface area contributed by atoms with Gasteiger partial charge in [0.05, 0.1) is 4.90 Å². The molecule has 0 amide bonds. The summed E-state index contributed by atoms with van der Waals surface area (Å²) in [7, 11) is -3.64. The molecule has 1 aromatic rings. The summed E-state index contributed by atoms with van der Waals surface area (Å²) in [4.78, 5) is 10.4. The molecule has 0 unspecified atom stereocenters. The maximum atomic E-state index is 12.9. The molecule has 0 aliphatic carbocycles. The van der Waals surface area contributed by atoms with Gasteiger partial charge in [-0.25, -0.2) is 17.5 Å². The number of sulfonamides is 1. The monoisotopic (exact) mass is 303 g/mol. The number of unbranched alkanes of at least 4 members (excludes halogenated alkanes) is 2. The molecule has 1 aromatic carbocycles. The lowest BCUT2D eigenvalue weighted by Crippen LogP contribution is -2.25. The van der Waals surface area contributed by atoms with Crippen LogP contribution in [0.1, 0.15) is 31.2 Å². The van der Waals surface area contributed by atoms with Crippen molar-refractivity contribution in [3.8, 4) is 0 Å². The molecule has 1 rings (SSSR count). The Balaban J connectivity index is 2.48. The lowest BCUT2D eigenvalue weighted by Gasteiger charge is -2.09. The van der Waals surface area contributed by atoms with Crippen LogP contribution in [0.5, 0.6) is 0 Å². The van der Waals surface area contributed by atoms with E-state index in [-0.39, 0.29) is 17.9 Å². The number of aliphatic carboxylic acids is 1. The summed E-state index contributed by atoms with van der Waals surface area (Å²) >= 11 is 0. The quantitative estimate of drug-likeness (QED) is 0.720. The molecule has 20 heavy (non-hydrogen) atoms. The third kappa shape index (κ3) is 5.26. The Labute approximate surface area is 117 Å². The SMILES string of the molecule is Cc1cc(F)ccc1S(=O)(=O)NCCCCCC(=O)O. The van der Waals surface area contributed by atoms with Crippen LogP contribution in [0.3, 0.4) is 0 Å². The third-order valence-electron chi connectivity index (χ3n) is 2.79. The summed E-state index contributed by atoms with van der Waals surface area (Å²) in [5.74, 6) is -1.33. The second kappa shape index (κ2) is 7.35. The van der Waals surface area contributed by atoms with Gasteiger partial charge in [-0.1, -0.05) is 6.42 Å². The van der Waals surface area contributed by atoms with Crippen molar-refractivity contribution in [1.82, 2.24) is 4.72 Å². The Morgan fingerprint density at radius 2 is 2.00 bits per heavy atom. The van der Waals surface area contributed by atoms with Crippen LogP contribution in [0.4, 0.5) is 4.39 Å². The van der Waals surface area contributed by atoms with E-state index >= 15 is 0 Å². The molecule has 2 N–H and O–H groups in total. The lowest BCUT2D eigenvalue weighted by molar-refractivity contribution is -0.137. The number of carboxylic acids is 1. The van der Waals surface area contributed by atoms with E-state index in [0.29, 0.717) is 24.8 Å². The summed E-state index contributed by atoms with van der Waals surface area (Å²) in [6.45, 7) is 1.77. The average molecular weight is 303 g/mol.